The molecular weight excluding hydrogens is 312 g/mol. The van der Waals surface area contributed by atoms with Crippen LogP contribution in [0, 0.1) is 10.1 Å². The summed E-state index contributed by atoms with van der Waals surface area (Å²) in [6.45, 7) is 0. The summed E-state index contributed by atoms with van der Waals surface area (Å²) in [6, 6.07) is 7.57. The van der Waals surface area contributed by atoms with Gasteiger partial charge in [0.05, 0.1) is 16.0 Å². The topological polar surface area (TPSA) is 115 Å². The molecule has 0 spiro atoms. The van der Waals surface area contributed by atoms with Crippen LogP contribution in [0.5, 0.6) is 0 Å². The number of aromatic nitrogens is 3. The highest BCUT2D eigenvalue weighted by Crippen LogP contribution is 2.29. The molecule has 0 saturated carbocycles. The predicted molar refractivity (Wildman–Crippen MR) is 86.5 cm³/mol. The zero-order valence-corrected chi connectivity index (χ0v) is 12.4. The number of nitrogens with zero attached hydrogens (tertiary/aromatic N) is 5. The lowest BCUT2D eigenvalue weighted by Crippen LogP contribution is -2.22. The van der Waals surface area contributed by atoms with Crippen molar-refractivity contribution in [2.45, 2.75) is 0 Å². The Hall–Kier alpha value is -3.62. The maximum Gasteiger partial charge on any atom is 0.270 e. The lowest BCUT2D eigenvalue weighted by Gasteiger charge is -2.05. The lowest BCUT2D eigenvalue weighted by molar-refractivity contribution is -0.384. The summed E-state index contributed by atoms with van der Waals surface area (Å²) in [5.41, 5.74) is 3.92. The van der Waals surface area contributed by atoms with Gasteiger partial charge < -0.3 is 5.43 Å². The second kappa shape index (κ2) is 4.95. The van der Waals surface area contributed by atoms with Gasteiger partial charge in [-0.15, -0.1) is 0 Å². The molecule has 3 heterocycles. The molecule has 1 aliphatic heterocycles. The molecule has 0 atom stereocenters. The van der Waals surface area contributed by atoms with Gasteiger partial charge in [0.1, 0.15) is 5.71 Å². The van der Waals surface area contributed by atoms with E-state index in [1.165, 1.54) is 22.8 Å². The fraction of sp³-hybridized carbons (Fsp3) is 0.0667. The van der Waals surface area contributed by atoms with Crippen LogP contribution in [0.3, 0.4) is 0 Å². The fourth-order valence-electron chi connectivity index (χ4n) is 2.77. The Morgan fingerprint density at radius 2 is 2.17 bits per heavy atom. The number of benzene rings is 1. The van der Waals surface area contributed by atoms with Gasteiger partial charge in [0.25, 0.3) is 11.2 Å². The Labute approximate surface area is 134 Å². The molecule has 0 aliphatic carbocycles. The Balaban J connectivity index is 2.12. The summed E-state index contributed by atoms with van der Waals surface area (Å²) in [6.07, 6.45) is 1.55. The Morgan fingerprint density at radius 1 is 1.33 bits per heavy atom. The van der Waals surface area contributed by atoms with Crippen molar-refractivity contribution in [1.29, 1.82) is 0 Å². The number of nitrogens with one attached hydrogen (secondary N) is 1. The number of hydrazone groups is 1. The van der Waals surface area contributed by atoms with Crippen LogP contribution in [0.25, 0.3) is 16.7 Å². The van der Waals surface area contributed by atoms with Crippen LogP contribution in [-0.2, 0) is 0 Å². The molecule has 0 unspecified atom stereocenters. The van der Waals surface area contributed by atoms with E-state index in [4.69, 9.17) is 0 Å². The summed E-state index contributed by atoms with van der Waals surface area (Å²) >= 11 is 0. The molecule has 0 amide bonds. The van der Waals surface area contributed by atoms with Gasteiger partial charge in [-0.05, 0) is 18.2 Å². The molecule has 1 N–H and O–H groups in total. The number of pyridine rings is 1. The molecular formula is C15H10N6O3. The minimum Gasteiger partial charge on any atom is -0.312 e. The molecule has 0 fully saturated rings. The van der Waals surface area contributed by atoms with E-state index in [1.807, 2.05) is 0 Å². The smallest absolute Gasteiger partial charge is 0.270 e. The van der Waals surface area contributed by atoms with Crippen LogP contribution in [0.1, 0.15) is 11.4 Å². The number of hydrogen-bond acceptors (Lipinski definition) is 7. The molecule has 4 rings (SSSR count). The number of fused-ring (bicyclic) bond motifs is 4. The number of non-ortho nitro benzene ring substituents is 1. The standard InChI is InChI=1S/C15H10N6O3/c1-16-19-12-10-7-8(21(23)24)4-5-11(10)20-14(12)18-13-9(15(20)22)3-2-6-17-13/h2-7,16H,1H3/b19-12+. The molecule has 0 saturated heterocycles. The zero-order chi connectivity index (χ0) is 16.8. The molecule has 1 aromatic carbocycles. The van der Waals surface area contributed by atoms with E-state index in [2.05, 4.69) is 20.5 Å². The molecule has 2 aromatic heterocycles. The highest BCUT2D eigenvalue weighted by Gasteiger charge is 2.30. The van der Waals surface area contributed by atoms with E-state index in [9.17, 15) is 14.9 Å². The summed E-state index contributed by atoms with van der Waals surface area (Å²) in [4.78, 5) is 31.9. The molecule has 3 aromatic rings. The summed E-state index contributed by atoms with van der Waals surface area (Å²) in [5.74, 6) is 0.302. The average molecular weight is 322 g/mol. The Morgan fingerprint density at radius 3 is 2.92 bits per heavy atom. The van der Waals surface area contributed by atoms with Crippen molar-refractivity contribution in [3.8, 4) is 5.69 Å². The van der Waals surface area contributed by atoms with Gasteiger partial charge in [0.15, 0.2) is 11.5 Å². The van der Waals surface area contributed by atoms with Crippen molar-refractivity contribution in [2.24, 2.45) is 5.10 Å². The second-order valence-corrected chi connectivity index (χ2v) is 5.09. The van der Waals surface area contributed by atoms with Crippen LogP contribution in [0.4, 0.5) is 5.69 Å². The van der Waals surface area contributed by atoms with E-state index >= 15 is 0 Å². The third kappa shape index (κ3) is 1.81. The Bertz CT molecular complexity index is 1100. The summed E-state index contributed by atoms with van der Waals surface area (Å²) in [5, 5.41) is 15.6. The van der Waals surface area contributed by atoms with Gasteiger partial charge >= 0.3 is 0 Å². The van der Waals surface area contributed by atoms with Crippen LogP contribution < -0.4 is 11.0 Å². The van der Waals surface area contributed by atoms with Crippen LogP contribution in [0.2, 0.25) is 0 Å². The van der Waals surface area contributed by atoms with E-state index in [0.29, 0.717) is 33.8 Å². The molecule has 0 bridgehead atoms. The van der Waals surface area contributed by atoms with Crippen molar-refractivity contribution >= 4 is 22.4 Å². The molecule has 0 radical (unpaired) electrons. The lowest BCUT2D eigenvalue weighted by atomic mass is 10.1. The number of nitro groups is 1. The fourth-order valence-corrected chi connectivity index (χ4v) is 2.77. The van der Waals surface area contributed by atoms with Crippen LogP contribution in [0.15, 0.2) is 46.4 Å². The zero-order valence-electron chi connectivity index (χ0n) is 12.4. The van der Waals surface area contributed by atoms with Crippen LogP contribution >= 0.6 is 0 Å². The first-order valence-electron chi connectivity index (χ1n) is 7.03. The number of nitro benzene ring substituents is 1. The largest absolute Gasteiger partial charge is 0.312 e. The van der Waals surface area contributed by atoms with Crippen molar-refractivity contribution in [3.05, 3.63) is 68.4 Å². The minimum absolute atomic E-state index is 0.0823. The first kappa shape index (κ1) is 14.0. The van der Waals surface area contributed by atoms with E-state index in [-0.39, 0.29) is 11.2 Å². The first-order valence-corrected chi connectivity index (χ1v) is 7.03. The van der Waals surface area contributed by atoms with Gasteiger partial charge in [-0.1, -0.05) is 0 Å². The van der Waals surface area contributed by atoms with E-state index in [1.54, 1.807) is 25.4 Å². The minimum atomic E-state index is -0.492. The number of hydrogen-bond donors (Lipinski definition) is 1. The average Bonchev–Trinajstić information content (AvgIpc) is 2.89. The van der Waals surface area contributed by atoms with Gasteiger partial charge in [0, 0.05) is 30.9 Å². The van der Waals surface area contributed by atoms with Gasteiger partial charge in [0.2, 0.25) is 0 Å². The maximum atomic E-state index is 12.8. The molecule has 9 nitrogen and oxygen atoms in total. The Kier molecular flexibility index (Phi) is 2.89. The highest BCUT2D eigenvalue weighted by atomic mass is 16.6. The SMILES string of the molecule is CN/N=C1\c2cc([N+](=O)[O-])ccc2-n2c1nc1ncccc1c2=O. The molecule has 118 valence electrons. The van der Waals surface area contributed by atoms with Crippen molar-refractivity contribution in [3.63, 3.8) is 0 Å². The van der Waals surface area contributed by atoms with Crippen LogP contribution in [-0.4, -0.2) is 32.2 Å². The third-order valence-corrected chi connectivity index (χ3v) is 3.77. The predicted octanol–water partition coefficient (Wildman–Crippen LogP) is 0.974. The highest BCUT2D eigenvalue weighted by molar-refractivity contribution is 6.17. The van der Waals surface area contributed by atoms with E-state index < -0.39 is 4.92 Å². The molecule has 9 heteroatoms. The van der Waals surface area contributed by atoms with Crippen molar-refractivity contribution in [1.82, 2.24) is 20.0 Å². The molecule has 24 heavy (non-hydrogen) atoms. The van der Waals surface area contributed by atoms with E-state index in [0.717, 1.165) is 0 Å². The quantitative estimate of drug-likeness (QED) is 0.434. The second-order valence-electron chi connectivity index (χ2n) is 5.09. The normalized spacial score (nSPS) is 13.8. The van der Waals surface area contributed by atoms with Gasteiger partial charge in [-0.25, -0.2) is 9.97 Å². The summed E-state index contributed by atoms with van der Waals surface area (Å²) < 4.78 is 1.40. The maximum absolute atomic E-state index is 12.8. The van der Waals surface area contributed by atoms with Crippen molar-refractivity contribution < 1.29 is 4.92 Å². The summed E-state index contributed by atoms with van der Waals surface area (Å²) in [7, 11) is 1.60. The van der Waals surface area contributed by atoms with Crippen molar-refractivity contribution in [2.75, 3.05) is 7.05 Å². The van der Waals surface area contributed by atoms with Gasteiger partial charge in [-0.3, -0.25) is 19.5 Å². The van der Waals surface area contributed by atoms with Gasteiger partial charge in [-0.2, -0.15) is 5.10 Å². The number of rotatable bonds is 2. The first-order chi connectivity index (χ1) is 11.6. The molecule has 1 aliphatic rings. The monoisotopic (exact) mass is 322 g/mol. The third-order valence-electron chi connectivity index (χ3n) is 3.77.